The molecule has 0 amide bonds. The molecule has 0 unspecified atom stereocenters. The van der Waals surface area contributed by atoms with Crippen molar-refractivity contribution in [2.75, 3.05) is 7.11 Å². The largest absolute Gasteiger partial charge is 0.494 e. The van der Waals surface area contributed by atoms with Crippen LogP contribution in [-0.2, 0) is 0 Å². The SMILES string of the molecule is COc1cccc2c1[nH]c(=S)n2-c1cccc(C)c1Br. The predicted octanol–water partition coefficient (Wildman–Crippen LogP) is 4.77. The number of nitrogens with one attached hydrogen (secondary N) is 1. The molecular formula is C15H13BrN2OS. The maximum atomic E-state index is 5.48. The summed E-state index contributed by atoms with van der Waals surface area (Å²) in [5.41, 5.74) is 4.10. The minimum Gasteiger partial charge on any atom is -0.494 e. The summed E-state index contributed by atoms with van der Waals surface area (Å²) in [5.74, 6) is 0.788. The van der Waals surface area contributed by atoms with E-state index in [1.165, 1.54) is 5.56 Å². The third-order valence-electron chi connectivity index (χ3n) is 3.31. The molecule has 0 saturated heterocycles. The number of ether oxygens (including phenoxy) is 1. The van der Waals surface area contributed by atoms with Crippen molar-refractivity contribution >= 4 is 39.2 Å². The van der Waals surface area contributed by atoms with E-state index < -0.39 is 0 Å². The summed E-state index contributed by atoms with van der Waals surface area (Å²) in [6.07, 6.45) is 0. The Hall–Kier alpha value is -1.59. The average Bonchev–Trinajstić information content (AvgIpc) is 2.78. The van der Waals surface area contributed by atoms with Gasteiger partial charge in [-0.25, -0.2) is 0 Å². The Kier molecular flexibility index (Phi) is 3.40. The molecule has 0 spiro atoms. The van der Waals surface area contributed by atoms with Gasteiger partial charge in [-0.2, -0.15) is 0 Å². The number of halogens is 1. The number of aryl methyl sites for hydroxylation is 1. The zero-order chi connectivity index (χ0) is 14.3. The summed E-state index contributed by atoms with van der Waals surface area (Å²) in [6.45, 7) is 2.06. The molecule has 0 atom stereocenters. The molecule has 3 aromatic rings. The number of aromatic nitrogens is 2. The lowest BCUT2D eigenvalue weighted by Crippen LogP contribution is -1.96. The lowest BCUT2D eigenvalue weighted by atomic mass is 10.2. The van der Waals surface area contributed by atoms with Crippen LogP contribution in [0.1, 0.15) is 5.56 Å². The van der Waals surface area contributed by atoms with E-state index in [0.29, 0.717) is 4.77 Å². The van der Waals surface area contributed by atoms with E-state index in [1.54, 1.807) is 7.11 Å². The van der Waals surface area contributed by atoms with Crippen LogP contribution in [0.5, 0.6) is 5.75 Å². The Morgan fingerprint density at radius 2 is 1.95 bits per heavy atom. The highest BCUT2D eigenvalue weighted by Crippen LogP contribution is 2.31. The van der Waals surface area contributed by atoms with Gasteiger partial charge in [0.2, 0.25) is 0 Å². The van der Waals surface area contributed by atoms with Gasteiger partial charge in [0.15, 0.2) is 4.77 Å². The number of methoxy groups -OCH3 is 1. The van der Waals surface area contributed by atoms with Gasteiger partial charge in [0.05, 0.1) is 18.3 Å². The number of aromatic amines is 1. The number of hydrogen-bond donors (Lipinski definition) is 1. The highest BCUT2D eigenvalue weighted by molar-refractivity contribution is 9.10. The molecule has 5 heteroatoms. The monoisotopic (exact) mass is 348 g/mol. The molecule has 2 aromatic carbocycles. The van der Waals surface area contributed by atoms with Gasteiger partial charge in [-0.15, -0.1) is 0 Å². The lowest BCUT2D eigenvalue weighted by molar-refractivity contribution is 0.419. The van der Waals surface area contributed by atoms with Crippen LogP contribution >= 0.6 is 28.1 Å². The minimum absolute atomic E-state index is 0.649. The average molecular weight is 349 g/mol. The standard InChI is InChI=1S/C15H13BrN2OS/c1-9-5-3-6-10(13(9)16)18-11-7-4-8-12(19-2)14(11)17-15(18)20/h3-8H,1-2H3,(H,17,20). The molecule has 0 saturated carbocycles. The van der Waals surface area contributed by atoms with E-state index >= 15 is 0 Å². The second kappa shape index (κ2) is 5.07. The first-order chi connectivity index (χ1) is 9.63. The summed E-state index contributed by atoms with van der Waals surface area (Å²) in [7, 11) is 1.66. The first-order valence-electron chi connectivity index (χ1n) is 6.16. The molecule has 3 nitrogen and oxygen atoms in total. The second-order valence-corrected chi connectivity index (χ2v) is 5.71. The number of benzene rings is 2. The van der Waals surface area contributed by atoms with Gasteiger partial charge in [-0.05, 0) is 58.8 Å². The van der Waals surface area contributed by atoms with Crippen molar-refractivity contribution in [1.29, 1.82) is 0 Å². The van der Waals surface area contributed by atoms with E-state index in [2.05, 4.69) is 33.9 Å². The molecule has 0 bridgehead atoms. The smallest absolute Gasteiger partial charge is 0.182 e. The van der Waals surface area contributed by atoms with Crippen molar-refractivity contribution < 1.29 is 4.74 Å². The van der Waals surface area contributed by atoms with Crippen molar-refractivity contribution in [3.63, 3.8) is 0 Å². The maximum absolute atomic E-state index is 5.48. The van der Waals surface area contributed by atoms with Crippen molar-refractivity contribution in [3.8, 4) is 11.4 Å². The fourth-order valence-corrected chi connectivity index (χ4v) is 3.06. The van der Waals surface area contributed by atoms with Gasteiger partial charge in [0.1, 0.15) is 11.3 Å². The molecule has 0 aliphatic carbocycles. The van der Waals surface area contributed by atoms with Crippen LogP contribution < -0.4 is 4.74 Å². The number of imidazole rings is 1. The highest BCUT2D eigenvalue weighted by atomic mass is 79.9. The first kappa shape index (κ1) is 13.4. The molecular weight excluding hydrogens is 336 g/mol. The molecule has 0 aliphatic rings. The number of fused-ring (bicyclic) bond motifs is 1. The number of hydrogen-bond acceptors (Lipinski definition) is 2. The van der Waals surface area contributed by atoms with Crippen molar-refractivity contribution in [2.45, 2.75) is 6.92 Å². The first-order valence-corrected chi connectivity index (χ1v) is 7.37. The Bertz CT molecular complexity index is 851. The maximum Gasteiger partial charge on any atom is 0.182 e. The van der Waals surface area contributed by atoms with Gasteiger partial charge in [0.25, 0.3) is 0 Å². The van der Waals surface area contributed by atoms with Crippen molar-refractivity contribution in [2.24, 2.45) is 0 Å². The second-order valence-electron chi connectivity index (χ2n) is 4.53. The molecule has 20 heavy (non-hydrogen) atoms. The molecule has 0 radical (unpaired) electrons. The molecule has 1 aromatic heterocycles. The summed E-state index contributed by atoms with van der Waals surface area (Å²) < 4.78 is 9.09. The van der Waals surface area contributed by atoms with Crippen LogP contribution in [0.4, 0.5) is 0 Å². The quantitative estimate of drug-likeness (QED) is 0.676. The van der Waals surface area contributed by atoms with Crippen LogP contribution in [0.25, 0.3) is 16.7 Å². The van der Waals surface area contributed by atoms with Gasteiger partial charge >= 0.3 is 0 Å². The Labute approximate surface area is 130 Å². The fraction of sp³-hybridized carbons (Fsp3) is 0.133. The minimum atomic E-state index is 0.649. The van der Waals surface area contributed by atoms with Crippen LogP contribution in [-0.4, -0.2) is 16.7 Å². The Morgan fingerprint density at radius 3 is 2.70 bits per heavy atom. The fourth-order valence-electron chi connectivity index (χ4n) is 2.32. The van der Waals surface area contributed by atoms with Gasteiger partial charge in [0, 0.05) is 4.47 Å². The lowest BCUT2D eigenvalue weighted by Gasteiger charge is -2.09. The third kappa shape index (κ3) is 1.98. The van der Waals surface area contributed by atoms with Gasteiger partial charge < -0.3 is 9.72 Å². The zero-order valence-corrected chi connectivity index (χ0v) is 13.5. The summed E-state index contributed by atoms with van der Waals surface area (Å²) in [4.78, 5) is 3.22. The van der Waals surface area contributed by atoms with Crippen molar-refractivity contribution in [1.82, 2.24) is 9.55 Å². The van der Waals surface area contributed by atoms with Gasteiger partial charge in [-0.3, -0.25) is 4.57 Å². The summed E-state index contributed by atoms with van der Waals surface area (Å²) in [6, 6.07) is 12.0. The Morgan fingerprint density at radius 1 is 1.20 bits per heavy atom. The normalized spacial score (nSPS) is 10.9. The zero-order valence-electron chi connectivity index (χ0n) is 11.1. The van der Waals surface area contributed by atoms with E-state index in [0.717, 1.165) is 26.9 Å². The van der Waals surface area contributed by atoms with Crippen LogP contribution in [0.2, 0.25) is 0 Å². The van der Waals surface area contributed by atoms with E-state index in [1.807, 2.05) is 34.9 Å². The number of rotatable bonds is 2. The van der Waals surface area contributed by atoms with Crippen LogP contribution in [0.3, 0.4) is 0 Å². The molecule has 0 fully saturated rings. The molecule has 1 heterocycles. The molecule has 3 rings (SSSR count). The number of H-pyrrole nitrogens is 1. The Balaban J connectivity index is 2.40. The number of nitrogens with zero attached hydrogens (tertiary/aromatic N) is 1. The predicted molar refractivity (Wildman–Crippen MR) is 87.4 cm³/mol. The molecule has 0 aliphatic heterocycles. The topological polar surface area (TPSA) is 29.9 Å². The van der Waals surface area contributed by atoms with E-state index in [9.17, 15) is 0 Å². The molecule has 102 valence electrons. The van der Waals surface area contributed by atoms with E-state index in [4.69, 9.17) is 17.0 Å². The van der Waals surface area contributed by atoms with Crippen LogP contribution in [0.15, 0.2) is 40.9 Å². The van der Waals surface area contributed by atoms with E-state index in [-0.39, 0.29) is 0 Å². The molecule has 1 N–H and O–H groups in total. The van der Waals surface area contributed by atoms with Crippen molar-refractivity contribution in [3.05, 3.63) is 51.2 Å². The van der Waals surface area contributed by atoms with Crippen LogP contribution in [0, 0.1) is 11.7 Å². The highest BCUT2D eigenvalue weighted by Gasteiger charge is 2.12. The summed E-state index contributed by atoms with van der Waals surface area (Å²) in [5, 5.41) is 0. The third-order valence-corrected chi connectivity index (χ3v) is 4.63. The summed E-state index contributed by atoms with van der Waals surface area (Å²) >= 11 is 9.12. The van der Waals surface area contributed by atoms with Gasteiger partial charge in [-0.1, -0.05) is 18.2 Å². The number of para-hydroxylation sites is 1.